The lowest BCUT2D eigenvalue weighted by atomic mass is 10.4. The van der Waals surface area contributed by atoms with Crippen LogP contribution >= 0.6 is 34.2 Å². The fraction of sp³-hybridized carbons (Fsp3) is 0.333. The van der Waals surface area contributed by atoms with Gasteiger partial charge >= 0.3 is 5.97 Å². The van der Waals surface area contributed by atoms with Gasteiger partial charge in [0.2, 0.25) is 0 Å². The maximum Gasteiger partial charge on any atom is 0.334 e. The Morgan fingerprint density at radius 3 is 2.90 bits per heavy atom. The second-order valence-corrected chi connectivity index (χ2v) is 7.09. The minimum Gasteiger partial charge on any atom is -0.330 e. The molecule has 9 heteroatoms. The molecule has 1 aliphatic rings. The van der Waals surface area contributed by atoms with E-state index >= 15 is 0 Å². The normalized spacial score (nSPS) is 18.1. The zero-order valence-corrected chi connectivity index (χ0v) is 13.3. The van der Waals surface area contributed by atoms with Crippen molar-refractivity contribution in [2.24, 2.45) is 0 Å². The van der Waals surface area contributed by atoms with Crippen molar-refractivity contribution in [1.29, 1.82) is 0 Å². The van der Waals surface area contributed by atoms with E-state index in [0.717, 1.165) is 5.03 Å². The molecule has 0 N–H and O–H groups in total. The van der Waals surface area contributed by atoms with Crippen molar-refractivity contribution < 1.29 is 19.2 Å². The second kappa shape index (κ2) is 7.71. The summed E-state index contributed by atoms with van der Waals surface area (Å²) in [6.07, 6.45) is 1.74. The highest BCUT2D eigenvalue weighted by Crippen LogP contribution is 2.29. The first-order valence-electron chi connectivity index (χ1n) is 6.04. The number of pyridine rings is 1. The van der Waals surface area contributed by atoms with Gasteiger partial charge in [-0.2, -0.15) is 12.6 Å². The molecule has 0 aromatic carbocycles. The number of hydrogen-bond acceptors (Lipinski definition) is 8. The molecule has 0 aliphatic carbocycles. The zero-order chi connectivity index (χ0) is 15.2. The van der Waals surface area contributed by atoms with Crippen LogP contribution in [0.1, 0.15) is 12.8 Å². The van der Waals surface area contributed by atoms with E-state index < -0.39 is 23.0 Å². The number of carbonyl (C=O) groups is 3. The Labute approximate surface area is 134 Å². The van der Waals surface area contributed by atoms with Crippen molar-refractivity contribution >= 4 is 52.0 Å². The molecular formula is C12H12N2O4S3. The number of nitrogens with zero attached hydrogens (tertiary/aromatic N) is 2. The number of amides is 2. The number of hydroxylamine groups is 2. The van der Waals surface area contributed by atoms with Crippen LogP contribution in [0.15, 0.2) is 29.4 Å². The predicted molar refractivity (Wildman–Crippen MR) is 82.5 cm³/mol. The number of hydrogen-bond donors (Lipinski definition) is 1. The van der Waals surface area contributed by atoms with Gasteiger partial charge in [-0.3, -0.25) is 9.59 Å². The number of aromatic nitrogens is 1. The molecule has 2 amide bonds. The molecule has 6 nitrogen and oxygen atoms in total. The highest BCUT2D eigenvalue weighted by Gasteiger charge is 2.39. The molecule has 112 valence electrons. The molecule has 21 heavy (non-hydrogen) atoms. The standard InChI is InChI=1S/C12H12N2O4S3/c15-10-7-8(19)12(17)14(10)18-11(16)4-6-20-21-9-3-1-2-5-13-9/h1-3,5,8,19H,4,6-7H2. The van der Waals surface area contributed by atoms with Crippen molar-refractivity contribution in [3.63, 3.8) is 0 Å². The summed E-state index contributed by atoms with van der Waals surface area (Å²) in [7, 11) is 2.89. The first kappa shape index (κ1) is 16.2. The van der Waals surface area contributed by atoms with Gasteiger partial charge < -0.3 is 4.84 Å². The molecule has 1 aromatic rings. The molecule has 1 atom stereocenters. The van der Waals surface area contributed by atoms with E-state index in [0.29, 0.717) is 10.8 Å². The summed E-state index contributed by atoms with van der Waals surface area (Å²) in [5.41, 5.74) is 0. The molecule has 1 unspecified atom stereocenters. The van der Waals surface area contributed by atoms with Gasteiger partial charge in [0, 0.05) is 11.9 Å². The SMILES string of the molecule is O=C(CCSSc1ccccn1)ON1C(=O)CC(S)C1=O. The van der Waals surface area contributed by atoms with Crippen LogP contribution < -0.4 is 0 Å². The van der Waals surface area contributed by atoms with Gasteiger partial charge in [-0.15, -0.1) is 5.06 Å². The molecule has 1 aliphatic heterocycles. The van der Waals surface area contributed by atoms with E-state index in [1.54, 1.807) is 6.20 Å². The van der Waals surface area contributed by atoms with E-state index in [1.165, 1.54) is 21.6 Å². The molecule has 2 rings (SSSR count). The Balaban J connectivity index is 1.68. The maximum absolute atomic E-state index is 11.6. The maximum atomic E-state index is 11.6. The lowest BCUT2D eigenvalue weighted by Crippen LogP contribution is -2.33. The summed E-state index contributed by atoms with van der Waals surface area (Å²) in [5, 5.41) is 0.634. The molecule has 1 saturated heterocycles. The Kier molecular flexibility index (Phi) is 5.95. The van der Waals surface area contributed by atoms with E-state index in [2.05, 4.69) is 17.6 Å². The average Bonchev–Trinajstić information content (AvgIpc) is 2.71. The number of rotatable bonds is 6. The van der Waals surface area contributed by atoms with Crippen LogP contribution in [0.25, 0.3) is 0 Å². The molecule has 1 fully saturated rings. The highest BCUT2D eigenvalue weighted by atomic mass is 33.1. The van der Waals surface area contributed by atoms with E-state index in [1.807, 2.05) is 18.2 Å². The van der Waals surface area contributed by atoms with Gasteiger partial charge in [-0.25, -0.2) is 9.78 Å². The lowest BCUT2D eigenvalue weighted by Gasteiger charge is -2.12. The number of carbonyl (C=O) groups excluding carboxylic acids is 3. The highest BCUT2D eigenvalue weighted by molar-refractivity contribution is 8.76. The Morgan fingerprint density at radius 2 is 2.29 bits per heavy atom. The monoisotopic (exact) mass is 344 g/mol. The summed E-state index contributed by atoms with van der Waals surface area (Å²) < 4.78 is 0. The van der Waals surface area contributed by atoms with Crippen molar-refractivity contribution in [3.8, 4) is 0 Å². The molecular weight excluding hydrogens is 332 g/mol. The largest absolute Gasteiger partial charge is 0.334 e. The van der Waals surface area contributed by atoms with E-state index in [-0.39, 0.29) is 12.8 Å². The lowest BCUT2D eigenvalue weighted by molar-refractivity contribution is -0.197. The van der Waals surface area contributed by atoms with Gasteiger partial charge in [-0.05, 0) is 22.9 Å². The van der Waals surface area contributed by atoms with E-state index in [9.17, 15) is 14.4 Å². The third-order valence-electron chi connectivity index (χ3n) is 2.44. The summed E-state index contributed by atoms with van der Waals surface area (Å²) in [6, 6.07) is 5.57. The fourth-order valence-electron chi connectivity index (χ4n) is 1.46. The first-order chi connectivity index (χ1) is 10.1. The molecule has 0 saturated carbocycles. The molecule has 0 radical (unpaired) electrons. The third kappa shape index (κ3) is 4.65. The van der Waals surface area contributed by atoms with Gasteiger partial charge in [0.25, 0.3) is 11.8 Å². The van der Waals surface area contributed by atoms with Crippen molar-refractivity contribution in [3.05, 3.63) is 24.4 Å². The van der Waals surface area contributed by atoms with Gasteiger partial charge in [0.15, 0.2) is 0 Å². The van der Waals surface area contributed by atoms with Crippen LogP contribution in [-0.4, -0.2) is 38.8 Å². The molecule has 0 spiro atoms. The molecule has 2 heterocycles. The van der Waals surface area contributed by atoms with Crippen molar-refractivity contribution in [1.82, 2.24) is 10.0 Å². The van der Waals surface area contributed by atoms with Crippen LogP contribution in [0.3, 0.4) is 0 Å². The fourth-order valence-corrected chi connectivity index (χ4v) is 3.57. The predicted octanol–water partition coefficient (Wildman–Crippen LogP) is 1.73. The zero-order valence-electron chi connectivity index (χ0n) is 10.8. The first-order valence-corrected chi connectivity index (χ1v) is 8.87. The van der Waals surface area contributed by atoms with Gasteiger partial charge in [-0.1, -0.05) is 16.9 Å². The van der Waals surface area contributed by atoms with Crippen LogP contribution in [-0.2, 0) is 19.2 Å². The topological polar surface area (TPSA) is 76.6 Å². The molecule has 1 aromatic heterocycles. The van der Waals surface area contributed by atoms with Gasteiger partial charge in [0.05, 0.1) is 18.1 Å². The molecule has 0 bridgehead atoms. The smallest absolute Gasteiger partial charge is 0.330 e. The number of imide groups is 1. The van der Waals surface area contributed by atoms with Crippen molar-refractivity contribution in [2.45, 2.75) is 23.1 Å². The Bertz CT molecular complexity index is 541. The quantitative estimate of drug-likeness (QED) is 0.364. The van der Waals surface area contributed by atoms with Gasteiger partial charge in [0.1, 0.15) is 5.03 Å². The summed E-state index contributed by atoms with van der Waals surface area (Å²) in [5.74, 6) is -1.26. The van der Waals surface area contributed by atoms with Crippen molar-refractivity contribution in [2.75, 3.05) is 5.75 Å². The summed E-state index contributed by atoms with van der Waals surface area (Å²) in [6.45, 7) is 0. The van der Waals surface area contributed by atoms with Crippen LogP contribution in [0.2, 0.25) is 0 Å². The summed E-state index contributed by atoms with van der Waals surface area (Å²) in [4.78, 5) is 43.4. The van der Waals surface area contributed by atoms with E-state index in [4.69, 9.17) is 4.84 Å². The second-order valence-electron chi connectivity index (χ2n) is 4.03. The van der Waals surface area contributed by atoms with Crippen LogP contribution in [0, 0.1) is 0 Å². The Hall–Kier alpha value is -1.19. The van der Waals surface area contributed by atoms with Crippen LogP contribution in [0.5, 0.6) is 0 Å². The third-order valence-corrected chi connectivity index (χ3v) is 5.11. The minimum absolute atomic E-state index is 0.0422. The minimum atomic E-state index is -0.723. The summed E-state index contributed by atoms with van der Waals surface area (Å²) >= 11 is 3.94. The average molecular weight is 344 g/mol. The number of thiol groups is 1. The Morgan fingerprint density at radius 1 is 1.48 bits per heavy atom. The van der Waals surface area contributed by atoms with Crippen LogP contribution in [0.4, 0.5) is 0 Å².